The Labute approximate surface area is 218 Å². The van der Waals surface area contributed by atoms with E-state index >= 15 is 0 Å². The van der Waals surface area contributed by atoms with Gasteiger partial charge in [-0.25, -0.2) is 8.42 Å². The minimum Gasteiger partial charge on any atom is -0.354 e. The maximum absolute atomic E-state index is 13.0. The molecule has 0 radical (unpaired) electrons. The maximum atomic E-state index is 13.0. The second-order valence-corrected chi connectivity index (χ2v) is 11.6. The standard InChI is InChI=1S/C29H32N4O3S/c1-32(37(35,36)21-20-33-18-8-3-9-19-33)24-16-14-23(15-17-24)30-28(22-10-4-2-5-11-22)27-25-12-6-7-13-26(25)31-29(27)34/h2,4-7,10-17,30H,3,8-9,18-21H2,1H3,(H,31,34)/b28-27-. The van der Waals surface area contributed by atoms with Crippen molar-refractivity contribution >= 4 is 44.3 Å². The van der Waals surface area contributed by atoms with Gasteiger partial charge in [0.25, 0.3) is 5.91 Å². The summed E-state index contributed by atoms with van der Waals surface area (Å²) >= 11 is 0. The molecule has 2 aliphatic rings. The van der Waals surface area contributed by atoms with Crippen LogP contribution in [0.2, 0.25) is 0 Å². The highest BCUT2D eigenvalue weighted by Crippen LogP contribution is 2.37. The molecule has 2 N–H and O–H groups in total. The number of fused-ring (bicyclic) bond motifs is 1. The molecule has 0 bridgehead atoms. The van der Waals surface area contributed by atoms with E-state index in [1.165, 1.54) is 10.7 Å². The number of hydrogen-bond donors (Lipinski definition) is 2. The molecule has 8 heteroatoms. The predicted octanol–water partition coefficient (Wildman–Crippen LogP) is 4.87. The van der Waals surface area contributed by atoms with Crippen LogP contribution >= 0.6 is 0 Å². The van der Waals surface area contributed by atoms with Crippen molar-refractivity contribution < 1.29 is 13.2 Å². The Morgan fingerprint density at radius 1 is 0.919 bits per heavy atom. The highest BCUT2D eigenvalue weighted by atomic mass is 32.2. The summed E-state index contributed by atoms with van der Waals surface area (Å²) in [5.74, 6) is -0.0638. The maximum Gasteiger partial charge on any atom is 0.258 e. The Bertz CT molecular complexity index is 1400. The van der Waals surface area contributed by atoms with Gasteiger partial charge in [0, 0.05) is 30.5 Å². The number of amides is 1. The van der Waals surface area contributed by atoms with Gasteiger partial charge in [-0.3, -0.25) is 9.10 Å². The minimum absolute atomic E-state index is 0.0995. The molecule has 0 aromatic heterocycles. The summed E-state index contributed by atoms with van der Waals surface area (Å²) < 4.78 is 27.3. The number of benzene rings is 3. The van der Waals surface area contributed by atoms with E-state index in [1.807, 2.05) is 66.7 Å². The minimum atomic E-state index is -3.44. The highest BCUT2D eigenvalue weighted by molar-refractivity contribution is 7.92. The Kier molecular flexibility index (Phi) is 7.30. The fraction of sp³-hybridized carbons (Fsp3) is 0.276. The molecule has 0 saturated carbocycles. The van der Waals surface area contributed by atoms with Crippen LogP contribution in [0.4, 0.5) is 17.1 Å². The first-order chi connectivity index (χ1) is 17.9. The van der Waals surface area contributed by atoms with E-state index in [9.17, 15) is 13.2 Å². The molecule has 3 aromatic carbocycles. The lowest BCUT2D eigenvalue weighted by molar-refractivity contribution is -0.110. The van der Waals surface area contributed by atoms with Gasteiger partial charge in [0.2, 0.25) is 10.0 Å². The fourth-order valence-electron chi connectivity index (χ4n) is 4.87. The smallest absolute Gasteiger partial charge is 0.258 e. The number of likely N-dealkylation sites (tertiary alicyclic amines) is 1. The van der Waals surface area contributed by atoms with Crippen molar-refractivity contribution in [3.05, 3.63) is 90.0 Å². The van der Waals surface area contributed by atoms with Crippen LogP contribution in [0, 0.1) is 0 Å². The molecule has 192 valence electrons. The third-order valence-electron chi connectivity index (χ3n) is 7.02. The molecule has 2 heterocycles. The predicted molar refractivity (Wildman–Crippen MR) is 151 cm³/mol. The summed E-state index contributed by atoms with van der Waals surface area (Å²) in [6.45, 7) is 2.51. The van der Waals surface area contributed by atoms with Gasteiger partial charge in [-0.1, -0.05) is 55.0 Å². The summed E-state index contributed by atoms with van der Waals surface area (Å²) in [7, 11) is -1.83. The van der Waals surface area contributed by atoms with Gasteiger partial charge in [-0.2, -0.15) is 0 Å². The summed E-state index contributed by atoms with van der Waals surface area (Å²) in [5, 5.41) is 6.37. The number of carbonyl (C=O) groups is 1. The zero-order valence-electron chi connectivity index (χ0n) is 21.0. The summed E-state index contributed by atoms with van der Waals surface area (Å²) in [6.07, 6.45) is 3.50. The van der Waals surface area contributed by atoms with Crippen molar-refractivity contribution in [1.82, 2.24) is 4.90 Å². The summed E-state index contributed by atoms with van der Waals surface area (Å²) in [5.41, 5.74) is 5.13. The van der Waals surface area contributed by atoms with Crippen LogP contribution in [0.25, 0.3) is 11.3 Å². The van der Waals surface area contributed by atoms with Crippen LogP contribution in [0.5, 0.6) is 0 Å². The zero-order valence-corrected chi connectivity index (χ0v) is 21.8. The molecular formula is C29H32N4O3S. The average Bonchev–Trinajstić information content (AvgIpc) is 3.27. The largest absolute Gasteiger partial charge is 0.354 e. The zero-order chi connectivity index (χ0) is 25.8. The lowest BCUT2D eigenvalue weighted by Gasteiger charge is -2.27. The van der Waals surface area contributed by atoms with Gasteiger partial charge in [-0.05, 0) is 61.8 Å². The van der Waals surface area contributed by atoms with E-state index in [2.05, 4.69) is 15.5 Å². The van der Waals surface area contributed by atoms with Gasteiger partial charge in [-0.15, -0.1) is 0 Å². The average molecular weight is 517 g/mol. The molecule has 0 aliphatic carbocycles. The number of hydrogen-bond acceptors (Lipinski definition) is 5. The lowest BCUT2D eigenvalue weighted by Crippen LogP contribution is -2.38. The molecule has 0 unspecified atom stereocenters. The summed E-state index contributed by atoms with van der Waals surface area (Å²) in [6, 6.07) is 24.6. The fourth-order valence-corrected chi connectivity index (χ4v) is 6.08. The van der Waals surface area contributed by atoms with Gasteiger partial charge in [0.05, 0.1) is 22.7 Å². The second kappa shape index (κ2) is 10.8. The van der Waals surface area contributed by atoms with E-state index < -0.39 is 10.0 Å². The van der Waals surface area contributed by atoms with Crippen LogP contribution in [-0.2, 0) is 14.8 Å². The van der Waals surface area contributed by atoms with Crippen molar-refractivity contribution in [1.29, 1.82) is 0 Å². The van der Waals surface area contributed by atoms with E-state index in [-0.39, 0.29) is 11.7 Å². The normalized spacial score (nSPS) is 17.2. The van der Waals surface area contributed by atoms with E-state index in [4.69, 9.17) is 0 Å². The SMILES string of the molecule is CN(c1ccc(N/C(=C2\C(=O)Nc3ccccc32)c2ccccc2)cc1)S(=O)(=O)CCN1CCCCC1. The van der Waals surface area contributed by atoms with Crippen LogP contribution in [0.15, 0.2) is 78.9 Å². The number of piperidine rings is 1. The molecule has 1 fully saturated rings. The van der Waals surface area contributed by atoms with Crippen LogP contribution in [0.1, 0.15) is 30.4 Å². The second-order valence-electron chi connectivity index (χ2n) is 9.47. The molecule has 1 saturated heterocycles. The van der Waals surface area contributed by atoms with Crippen LogP contribution in [0.3, 0.4) is 0 Å². The highest BCUT2D eigenvalue weighted by Gasteiger charge is 2.28. The van der Waals surface area contributed by atoms with E-state index in [0.717, 1.165) is 48.4 Å². The van der Waals surface area contributed by atoms with Gasteiger partial charge in [0.15, 0.2) is 0 Å². The van der Waals surface area contributed by atoms with Crippen molar-refractivity contribution in [3.8, 4) is 0 Å². The van der Waals surface area contributed by atoms with Gasteiger partial charge in [0.1, 0.15) is 0 Å². The van der Waals surface area contributed by atoms with E-state index in [1.54, 1.807) is 19.2 Å². The number of carbonyl (C=O) groups excluding carboxylic acids is 1. The summed E-state index contributed by atoms with van der Waals surface area (Å²) in [4.78, 5) is 15.2. The third-order valence-corrected chi connectivity index (χ3v) is 8.76. The molecule has 2 aliphatic heterocycles. The van der Waals surface area contributed by atoms with Crippen LogP contribution < -0.4 is 14.9 Å². The molecule has 1 amide bonds. The first kappa shape index (κ1) is 25.0. The topological polar surface area (TPSA) is 81.8 Å². The monoisotopic (exact) mass is 516 g/mol. The molecule has 7 nitrogen and oxygen atoms in total. The number of para-hydroxylation sites is 1. The van der Waals surface area contributed by atoms with Crippen molar-refractivity contribution in [2.24, 2.45) is 0 Å². The number of anilines is 3. The number of nitrogens with zero attached hydrogens (tertiary/aromatic N) is 2. The number of sulfonamides is 1. The van der Waals surface area contributed by atoms with Crippen molar-refractivity contribution in [2.45, 2.75) is 19.3 Å². The molecular weight excluding hydrogens is 484 g/mol. The Morgan fingerprint density at radius 2 is 1.59 bits per heavy atom. The molecule has 5 rings (SSSR count). The number of nitrogens with one attached hydrogen (secondary N) is 2. The quantitative estimate of drug-likeness (QED) is 0.418. The Balaban J connectivity index is 1.38. The first-order valence-corrected chi connectivity index (χ1v) is 14.3. The molecule has 3 aromatic rings. The van der Waals surface area contributed by atoms with Gasteiger partial charge >= 0.3 is 0 Å². The third kappa shape index (κ3) is 5.55. The van der Waals surface area contributed by atoms with E-state index in [0.29, 0.717) is 23.5 Å². The number of rotatable bonds is 8. The van der Waals surface area contributed by atoms with Gasteiger partial charge < -0.3 is 15.5 Å². The lowest BCUT2D eigenvalue weighted by atomic mass is 10.00. The van der Waals surface area contributed by atoms with Crippen LogP contribution in [-0.4, -0.2) is 51.7 Å². The van der Waals surface area contributed by atoms with Crippen molar-refractivity contribution in [2.75, 3.05) is 47.4 Å². The Morgan fingerprint density at radius 3 is 2.32 bits per heavy atom. The molecule has 0 spiro atoms. The molecule has 37 heavy (non-hydrogen) atoms. The first-order valence-electron chi connectivity index (χ1n) is 12.7. The molecule has 0 atom stereocenters. The Hall–Kier alpha value is -3.62. The van der Waals surface area contributed by atoms with Crippen molar-refractivity contribution in [3.63, 3.8) is 0 Å².